The third-order valence-electron chi connectivity index (χ3n) is 6.22. The molecule has 0 saturated carbocycles. The monoisotopic (exact) mass is 397 g/mol. The second kappa shape index (κ2) is 20.9. The van der Waals surface area contributed by atoms with E-state index in [0.717, 1.165) is 0 Å². The van der Waals surface area contributed by atoms with Crippen LogP contribution in [-0.4, -0.2) is 24.6 Å². The molecule has 0 radical (unpaired) electrons. The minimum absolute atomic E-state index is 0.730. The van der Waals surface area contributed by atoms with Crippen LogP contribution in [0.5, 0.6) is 0 Å². The minimum Gasteiger partial charge on any atom is -0.0995 e. The Bertz CT molecular complexity index is 289. The second-order valence-electron chi connectivity index (χ2n) is 8.93. The molecule has 0 heterocycles. The molecule has 0 N–H and O–H groups in total. The lowest BCUT2D eigenvalue weighted by Gasteiger charge is -2.27. The summed E-state index contributed by atoms with van der Waals surface area (Å²) in [5.41, 5.74) is 0. The number of hydrogen-bond acceptors (Lipinski definition) is 0. The highest BCUT2D eigenvalue weighted by atomic mass is 31.2. The van der Waals surface area contributed by atoms with Crippen LogP contribution < -0.4 is 0 Å². The van der Waals surface area contributed by atoms with E-state index in [-0.39, 0.29) is 0 Å². The van der Waals surface area contributed by atoms with Gasteiger partial charge in [-0.2, -0.15) is 0 Å². The van der Waals surface area contributed by atoms with E-state index in [4.69, 9.17) is 0 Å². The zero-order valence-corrected chi connectivity index (χ0v) is 20.5. The topological polar surface area (TPSA) is 0 Å². The Labute approximate surface area is 174 Å². The van der Waals surface area contributed by atoms with Crippen molar-refractivity contribution in [3.8, 4) is 0 Å². The van der Waals surface area contributed by atoms with Crippen molar-refractivity contribution in [2.45, 2.75) is 130 Å². The molecule has 162 valence electrons. The number of unbranched alkanes of at least 4 members (excludes halogenated alkanes) is 14. The standard InChI is InChI=1S/C26H54P/c1-5-9-12-13-14-15-16-17-18-19-20-21-22-26-27(23-8-4,24-10-6-2)25-11-7-3/h8H,4-7,9-26H2,1-3H3/q+1. The molecule has 1 heteroatoms. The highest BCUT2D eigenvalue weighted by Crippen LogP contribution is 2.60. The Morgan fingerprint density at radius 2 is 0.815 bits per heavy atom. The number of hydrogen-bond donors (Lipinski definition) is 0. The number of allylic oxidation sites excluding steroid dienone is 1. The van der Waals surface area contributed by atoms with Gasteiger partial charge in [0.1, 0.15) is 0 Å². The Morgan fingerprint density at radius 1 is 0.481 bits per heavy atom. The molecular formula is C26H54P+. The minimum atomic E-state index is -0.730. The van der Waals surface area contributed by atoms with Gasteiger partial charge in [-0.15, -0.1) is 0 Å². The van der Waals surface area contributed by atoms with Crippen molar-refractivity contribution in [3.05, 3.63) is 12.7 Å². The maximum Gasteiger partial charge on any atom is 0.0771 e. The number of rotatable bonds is 22. The molecular weight excluding hydrogens is 343 g/mol. The lowest BCUT2D eigenvalue weighted by Crippen LogP contribution is -2.11. The first-order chi connectivity index (χ1) is 13.2. The summed E-state index contributed by atoms with van der Waals surface area (Å²) in [6.45, 7) is 11.1. The molecule has 0 aromatic carbocycles. The SMILES string of the molecule is C=CC[P+](CCCC)(CCCC)CCCCCCCCCCCCCCC. The van der Waals surface area contributed by atoms with Gasteiger partial charge >= 0.3 is 0 Å². The van der Waals surface area contributed by atoms with E-state index in [2.05, 4.69) is 33.4 Å². The van der Waals surface area contributed by atoms with E-state index in [9.17, 15) is 0 Å². The average Bonchev–Trinajstić information content (AvgIpc) is 2.68. The summed E-state index contributed by atoms with van der Waals surface area (Å²) in [6.07, 6.45) is 32.9. The summed E-state index contributed by atoms with van der Waals surface area (Å²) in [5, 5.41) is 0. The molecule has 0 rings (SSSR count). The highest BCUT2D eigenvalue weighted by molar-refractivity contribution is 7.76. The molecule has 0 aromatic rings. The zero-order valence-electron chi connectivity index (χ0n) is 19.6. The van der Waals surface area contributed by atoms with Gasteiger partial charge in [0.25, 0.3) is 0 Å². The third-order valence-corrected chi connectivity index (χ3v) is 11.1. The van der Waals surface area contributed by atoms with E-state index in [1.165, 1.54) is 128 Å². The Morgan fingerprint density at radius 3 is 1.19 bits per heavy atom. The third kappa shape index (κ3) is 16.8. The smallest absolute Gasteiger partial charge is 0.0771 e. The lowest BCUT2D eigenvalue weighted by atomic mass is 10.1. The van der Waals surface area contributed by atoms with Crippen molar-refractivity contribution >= 4 is 7.26 Å². The van der Waals surface area contributed by atoms with Crippen LogP contribution in [0, 0.1) is 0 Å². The van der Waals surface area contributed by atoms with Crippen LogP contribution >= 0.6 is 7.26 Å². The molecule has 0 aromatic heterocycles. The van der Waals surface area contributed by atoms with Gasteiger partial charge in [0.15, 0.2) is 0 Å². The first kappa shape index (κ1) is 27.2. The van der Waals surface area contributed by atoms with Gasteiger partial charge in [0.05, 0.1) is 24.6 Å². The average molecular weight is 398 g/mol. The molecule has 0 bridgehead atoms. The van der Waals surface area contributed by atoms with Gasteiger partial charge in [0.2, 0.25) is 0 Å². The summed E-state index contributed by atoms with van der Waals surface area (Å²) in [6, 6.07) is 0. The van der Waals surface area contributed by atoms with Crippen LogP contribution in [0.4, 0.5) is 0 Å². The van der Waals surface area contributed by atoms with Gasteiger partial charge < -0.3 is 0 Å². The molecule has 0 aliphatic carbocycles. The Hall–Kier alpha value is 0.170. The quantitative estimate of drug-likeness (QED) is 0.0968. The molecule has 0 spiro atoms. The fraction of sp³-hybridized carbons (Fsp3) is 0.923. The summed E-state index contributed by atoms with van der Waals surface area (Å²) in [4.78, 5) is 0. The van der Waals surface area contributed by atoms with Crippen molar-refractivity contribution in [3.63, 3.8) is 0 Å². The maximum absolute atomic E-state index is 4.10. The van der Waals surface area contributed by atoms with Gasteiger partial charge in [-0.1, -0.05) is 117 Å². The second-order valence-corrected chi connectivity index (χ2v) is 13.3. The van der Waals surface area contributed by atoms with Crippen molar-refractivity contribution in [1.29, 1.82) is 0 Å². The lowest BCUT2D eigenvalue weighted by molar-refractivity contribution is 0.543. The molecule has 0 aliphatic rings. The first-order valence-corrected chi connectivity index (χ1v) is 15.2. The molecule has 0 saturated heterocycles. The van der Waals surface area contributed by atoms with E-state index < -0.39 is 7.26 Å². The normalized spacial score (nSPS) is 11.8. The van der Waals surface area contributed by atoms with Gasteiger partial charge in [-0.3, -0.25) is 0 Å². The molecule has 0 aliphatic heterocycles. The first-order valence-electron chi connectivity index (χ1n) is 12.7. The Balaban J connectivity index is 3.76. The van der Waals surface area contributed by atoms with Crippen LogP contribution in [0.15, 0.2) is 12.7 Å². The molecule has 0 amide bonds. The van der Waals surface area contributed by atoms with Crippen LogP contribution in [-0.2, 0) is 0 Å². The maximum atomic E-state index is 4.10. The molecule has 0 atom stereocenters. The fourth-order valence-electron chi connectivity index (χ4n) is 4.34. The summed E-state index contributed by atoms with van der Waals surface area (Å²) >= 11 is 0. The predicted octanol–water partition coefficient (Wildman–Crippen LogP) is 9.88. The molecule has 27 heavy (non-hydrogen) atoms. The van der Waals surface area contributed by atoms with Crippen molar-refractivity contribution in [1.82, 2.24) is 0 Å². The van der Waals surface area contributed by atoms with Gasteiger partial charge in [-0.05, 0) is 25.7 Å². The van der Waals surface area contributed by atoms with Crippen LogP contribution in [0.1, 0.15) is 130 Å². The zero-order chi connectivity index (χ0) is 20.1. The van der Waals surface area contributed by atoms with Crippen LogP contribution in [0.2, 0.25) is 0 Å². The molecule has 0 unspecified atom stereocenters. The van der Waals surface area contributed by atoms with Crippen molar-refractivity contribution < 1.29 is 0 Å². The summed E-state index contributed by atoms with van der Waals surface area (Å²) in [5.74, 6) is 0. The Kier molecular flexibility index (Phi) is 21.0. The highest BCUT2D eigenvalue weighted by Gasteiger charge is 2.33. The van der Waals surface area contributed by atoms with Gasteiger partial charge in [-0.25, -0.2) is 0 Å². The van der Waals surface area contributed by atoms with Gasteiger partial charge in [0, 0.05) is 7.26 Å². The predicted molar refractivity (Wildman–Crippen MR) is 132 cm³/mol. The van der Waals surface area contributed by atoms with Crippen molar-refractivity contribution in [2.24, 2.45) is 0 Å². The van der Waals surface area contributed by atoms with E-state index >= 15 is 0 Å². The summed E-state index contributed by atoms with van der Waals surface area (Å²) in [7, 11) is -0.730. The largest absolute Gasteiger partial charge is 0.0995 e. The van der Waals surface area contributed by atoms with E-state index in [1.54, 1.807) is 6.16 Å². The fourth-order valence-corrected chi connectivity index (χ4v) is 8.97. The molecule has 0 fully saturated rings. The van der Waals surface area contributed by atoms with Crippen molar-refractivity contribution in [2.75, 3.05) is 24.6 Å². The van der Waals surface area contributed by atoms with Crippen LogP contribution in [0.3, 0.4) is 0 Å². The molecule has 0 nitrogen and oxygen atoms in total. The van der Waals surface area contributed by atoms with E-state index in [0.29, 0.717) is 0 Å². The van der Waals surface area contributed by atoms with E-state index in [1.807, 2.05) is 0 Å². The van der Waals surface area contributed by atoms with Crippen LogP contribution in [0.25, 0.3) is 0 Å². The summed E-state index contributed by atoms with van der Waals surface area (Å²) < 4.78 is 0.